The van der Waals surface area contributed by atoms with Crippen molar-refractivity contribution in [3.8, 4) is 11.1 Å². The number of aromatic nitrogens is 3. The summed E-state index contributed by atoms with van der Waals surface area (Å²) in [6.07, 6.45) is 5.07. The molecule has 0 aliphatic rings. The van der Waals surface area contributed by atoms with E-state index < -0.39 is 12.0 Å². The van der Waals surface area contributed by atoms with Crippen LogP contribution in [0, 0.1) is 0 Å². The third kappa shape index (κ3) is 5.76. The van der Waals surface area contributed by atoms with E-state index in [9.17, 15) is 9.59 Å². The highest BCUT2D eigenvalue weighted by Gasteiger charge is 2.33. The van der Waals surface area contributed by atoms with Crippen molar-refractivity contribution in [3.05, 3.63) is 132 Å². The number of pyridine rings is 1. The van der Waals surface area contributed by atoms with Crippen molar-refractivity contribution < 1.29 is 9.59 Å². The van der Waals surface area contributed by atoms with Crippen molar-refractivity contribution in [3.63, 3.8) is 0 Å². The minimum absolute atomic E-state index is 0.333. The molecule has 8 heteroatoms. The molecule has 5 rings (SSSR count). The highest BCUT2D eigenvalue weighted by molar-refractivity contribution is 6.01. The lowest BCUT2D eigenvalue weighted by molar-refractivity contribution is -0.118. The predicted molar refractivity (Wildman–Crippen MR) is 157 cm³/mol. The van der Waals surface area contributed by atoms with Crippen LogP contribution in [0.3, 0.4) is 0 Å². The summed E-state index contributed by atoms with van der Waals surface area (Å²) in [6, 6.07) is 29.7. The molecule has 1 atom stereocenters. The van der Waals surface area contributed by atoms with Crippen LogP contribution in [0.2, 0.25) is 0 Å². The standard InChI is InChI=1S/C32H30N6O2/c1-33-27-21-34-19-17-26(27)22-13-15-25(16-14-22)36-32(40)30(37-31(39)28-18-20-35-38(28)2)29(23-9-5-3-6-10-23)24-11-7-4-8-12-24/h3-21,29-30,33H,1-2H3,(H,36,40)(H,37,39)/t30-/m0/s1. The summed E-state index contributed by atoms with van der Waals surface area (Å²) in [7, 11) is 3.55. The van der Waals surface area contributed by atoms with E-state index in [-0.39, 0.29) is 11.8 Å². The van der Waals surface area contributed by atoms with Crippen LogP contribution in [0.5, 0.6) is 0 Å². The minimum atomic E-state index is -0.914. The molecule has 8 nitrogen and oxygen atoms in total. The number of anilines is 2. The number of nitrogens with one attached hydrogen (secondary N) is 3. The number of hydrogen-bond acceptors (Lipinski definition) is 5. The molecule has 0 aliphatic heterocycles. The smallest absolute Gasteiger partial charge is 0.270 e. The maximum Gasteiger partial charge on any atom is 0.270 e. The number of nitrogens with zero attached hydrogens (tertiary/aromatic N) is 3. The largest absolute Gasteiger partial charge is 0.386 e. The van der Waals surface area contributed by atoms with Gasteiger partial charge in [0.2, 0.25) is 5.91 Å². The normalized spacial score (nSPS) is 11.6. The van der Waals surface area contributed by atoms with Crippen LogP contribution in [-0.2, 0) is 11.8 Å². The topological polar surface area (TPSA) is 101 Å². The zero-order valence-electron chi connectivity index (χ0n) is 22.3. The molecule has 2 amide bonds. The van der Waals surface area contributed by atoms with Gasteiger partial charge in [-0.2, -0.15) is 5.10 Å². The molecule has 0 unspecified atom stereocenters. The first kappa shape index (κ1) is 26.4. The SMILES string of the molecule is CNc1cnccc1-c1ccc(NC(=O)[C@@H](NC(=O)c2ccnn2C)C(c2ccccc2)c2ccccc2)cc1. The Bertz CT molecular complexity index is 1540. The molecule has 2 aromatic heterocycles. The molecule has 0 aliphatic carbocycles. The number of benzene rings is 3. The van der Waals surface area contributed by atoms with Gasteiger partial charge in [-0.3, -0.25) is 19.3 Å². The Kier molecular flexibility index (Phi) is 7.97. The van der Waals surface area contributed by atoms with Gasteiger partial charge in [-0.25, -0.2) is 0 Å². The second kappa shape index (κ2) is 12.1. The summed E-state index contributed by atoms with van der Waals surface area (Å²) in [5.41, 5.74) is 5.69. The molecule has 0 radical (unpaired) electrons. The van der Waals surface area contributed by atoms with E-state index in [1.165, 1.54) is 4.68 Å². The van der Waals surface area contributed by atoms with Crippen molar-refractivity contribution in [1.29, 1.82) is 0 Å². The van der Waals surface area contributed by atoms with E-state index in [1.54, 1.807) is 31.7 Å². The fraction of sp³-hybridized carbons (Fsp3) is 0.125. The molecule has 0 spiro atoms. The van der Waals surface area contributed by atoms with Gasteiger partial charge in [-0.15, -0.1) is 0 Å². The summed E-state index contributed by atoms with van der Waals surface area (Å²) in [5.74, 6) is -1.15. The van der Waals surface area contributed by atoms with Gasteiger partial charge >= 0.3 is 0 Å². The zero-order valence-corrected chi connectivity index (χ0v) is 22.3. The lowest BCUT2D eigenvalue weighted by Gasteiger charge is -2.28. The molecule has 0 bridgehead atoms. The summed E-state index contributed by atoms with van der Waals surface area (Å²) in [5, 5.41) is 13.3. The monoisotopic (exact) mass is 530 g/mol. The van der Waals surface area contributed by atoms with Gasteiger partial charge < -0.3 is 16.0 Å². The quantitative estimate of drug-likeness (QED) is 0.246. The maximum atomic E-state index is 14.0. The van der Waals surface area contributed by atoms with Crippen LogP contribution < -0.4 is 16.0 Å². The molecule has 0 saturated carbocycles. The minimum Gasteiger partial charge on any atom is -0.386 e. The molecular weight excluding hydrogens is 500 g/mol. The van der Waals surface area contributed by atoms with Crippen LogP contribution in [0.1, 0.15) is 27.5 Å². The zero-order chi connectivity index (χ0) is 27.9. The van der Waals surface area contributed by atoms with Crippen LogP contribution in [-0.4, -0.2) is 39.7 Å². The highest BCUT2D eigenvalue weighted by Crippen LogP contribution is 2.31. The lowest BCUT2D eigenvalue weighted by atomic mass is 9.84. The summed E-state index contributed by atoms with van der Waals surface area (Å²) < 4.78 is 1.49. The number of aryl methyl sites for hydroxylation is 1. The second-order valence-corrected chi connectivity index (χ2v) is 9.33. The van der Waals surface area contributed by atoms with Gasteiger partial charge in [-0.1, -0.05) is 72.8 Å². The Balaban J connectivity index is 1.48. The Morgan fingerprint density at radius 2 is 1.45 bits per heavy atom. The van der Waals surface area contributed by atoms with Crippen LogP contribution in [0.4, 0.5) is 11.4 Å². The number of rotatable bonds is 9. The Labute approximate surface area is 233 Å². The van der Waals surface area contributed by atoms with Gasteiger partial charge in [0.1, 0.15) is 11.7 Å². The first-order valence-corrected chi connectivity index (χ1v) is 13.0. The van der Waals surface area contributed by atoms with Crippen molar-refractivity contribution in [2.75, 3.05) is 17.7 Å². The number of carbonyl (C=O) groups excluding carboxylic acids is 2. The summed E-state index contributed by atoms with van der Waals surface area (Å²) in [6.45, 7) is 0. The van der Waals surface area contributed by atoms with E-state index >= 15 is 0 Å². The van der Waals surface area contributed by atoms with Crippen molar-refractivity contribution in [2.45, 2.75) is 12.0 Å². The van der Waals surface area contributed by atoms with E-state index in [4.69, 9.17) is 0 Å². The number of amides is 2. The molecule has 0 saturated heterocycles. The van der Waals surface area contributed by atoms with Gasteiger partial charge in [-0.05, 0) is 41.0 Å². The highest BCUT2D eigenvalue weighted by atomic mass is 16.2. The molecule has 2 heterocycles. The Morgan fingerprint density at radius 3 is 2.02 bits per heavy atom. The average molecular weight is 531 g/mol. The number of carbonyl (C=O) groups is 2. The molecule has 0 fully saturated rings. The van der Waals surface area contributed by atoms with E-state index in [1.807, 2.05) is 98.0 Å². The third-order valence-corrected chi connectivity index (χ3v) is 6.83. The van der Waals surface area contributed by atoms with Gasteiger partial charge in [0.05, 0.1) is 11.9 Å². The summed E-state index contributed by atoms with van der Waals surface area (Å²) >= 11 is 0. The van der Waals surface area contributed by atoms with Crippen molar-refractivity contribution in [1.82, 2.24) is 20.1 Å². The third-order valence-electron chi connectivity index (χ3n) is 6.83. The van der Waals surface area contributed by atoms with E-state index in [0.717, 1.165) is 27.9 Å². The van der Waals surface area contributed by atoms with Crippen LogP contribution in [0.15, 0.2) is 116 Å². The van der Waals surface area contributed by atoms with Crippen LogP contribution in [0.25, 0.3) is 11.1 Å². The fourth-order valence-electron chi connectivity index (χ4n) is 4.81. The molecule has 200 valence electrons. The predicted octanol–water partition coefficient (Wildman–Crippen LogP) is 5.09. The second-order valence-electron chi connectivity index (χ2n) is 9.33. The van der Waals surface area contributed by atoms with E-state index in [2.05, 4.69) is 26.0 Å². The average Bonchev–Trinajstić information content (AvgIpc) is 3.44. The van der Waals surface area contributed by atoms with E-state index in [0.29, 0.717) is 11.4 Å². The lowest BCUT2D eigenvalue weighted by Crippen LogP contribution is -2.48. The van der Waals surface area contributed by atoms with Crippen LogP contribution >= 0.6 is 0 Å². The molecular formula is C32H30N6O2. The first-order chi connectivity index (χ1) is 19.5. The van der Waals surface area contributed by atoms with Gasteiger partial charge in [0.15, 0.2) is 0 Å². The number of hydrogen-bond donors (Lipinski definition) is 3. The first-order valence-electron chi connectivity index (χ1n) is 13.0. The Hall–Kier alpha value is -5.24. The molecule has 3 N–H and O–H groups in total. The maximum absolute atomic E-state index is 14.0. The van der Waals surface area contributed by atoms with Crippen molar-refractivity contribution >= 4 is 23.2 Å². The van der Waals surface area contributed by atoms with Crippen molar-refractivity contribution in [2.24, 2.45) is 7.05 Å². The molecule has 40 heavy (non-hydrogen) atoms. The molecule has 5 aromatic rings. The van der Waals surface area contributed by atoms with Gasteiger partial charge in [0.25, 0.3) is 5.91 Å². The summed E-state index contributed by atoms with van der Waals surface area (Å²) in [4.78, 5) is 31.5. The Morgan fingerprint density at radius 1 is 0.800 bits per heavy atom. The molecule has 3 aromatic carbocycles. The van der Waals surface area contributed by atoms with Gasteiger partial charge in [0, 0.05) is 43.7 Å². The fourth-order valence-corrected chi connectivity index (χ4v) is 4.81.